The van der Waals surface area contributed by atoms with Crippen molar-refractivity contribution >= 4 is 41.5 Å². The molecule has 0 heterocycles. The average molecular weight is 408 g/mol. The zero-order chi connectivity index (χ0) is 18.7. The van der Waals surface area contributed by atoms with Crippen molar-refractivity contribution in [1.82, 2.24) is 4.90 Å². The van der Waals surface area contributed by atoms with Crippen LogP contribution in [0.3, 0.4) is 0 Å². The Bertz CT molecular complexity index is 823. The Hall–Kier alpha value is -2.08. The van der Waals surface area contributed by atoms with Crippen molar-refractivity contribution in [1.29, 1.82) is 0 Å². The van der Waals surface area contributed by atoms with Crippen molar-refractivity contribution in [3.8, 4) is 0 Å². The smallest absolute Gasteiger partial charge is 0.255 e. The van der Waals surface area contributed by atoms with Gasteiger partial charge in [-0.2, -0.15) is 0 Å². The van der Waals surface area contributed by atoms with E-state index in [4.69, 9.17) is 17.3 Å². The summed E-state index contributed by atoms with van der Waals surface area (Å²) >= 11 is 6.25. The summed E-state index contributed by atoms with van der Waals surface area (Å²) in [7, 11) is 0. The lowest BCUT2D eigenvalue weighted by Gasteiger charge is -2.22. The number of rotatable bonds is 6. The summed E-state index contributed by atoms with van der Waals surface area (Å²) in [6, 6.07) is 14.7. The summed E-state index contributed by atoms with van der Waals surface area (Å²) in [5, 5.41) is 3.14. The number of anilines is 1. The van der Waals surface area contributed by atoms with Crippen LogP contribution in [0.4, 0.5) is 5.69 Å². The van der Waals surface area contributed by atoms with E-state index in [-0.39, 0.29) is 24.2 Å². The van der Waals surface area contributed by atoms with E-state index in [9.17, 15) is 9.59 Å². The Morgan fingerprint density at radius 1 is 1.19 bits per heavy atom. The fourth-order valence-electron chi connectivity index (χ4n) is 2.69. The second-order valence-electron chi connectivity index (χ2n) is 6.61. The molecule has 144 valence electrons. The number of carbonyl (C=O) groups excluding carboxylic acids is 2. The molecule has 2 aromatic carbocycles. The first kappa shape index (κ1) is 21.2. The molecule has 0 bridgehead atoms. The third-order valence-electron chi connectivity index (χ3n) is 4.58. The topological polar surface area (TPSA) is 75.4 Å². The molecule has 5 nitrogen and oxygen atoms in total. The van der Waals surface area contributed by atoms with Gasteiger partial charge in [-0.05, 0) is 43.5 Å². The van der Waals surface area contributed by atoms with Crippen molar-refractivity contribution < 1.29 is 9.59 Å². The molecule has 0 spiro atoms. The van der Waals surface area contributed by atoms with E-state index in [1.165, 1.54) is 0 Å². The monoisotopic (exact) mass is 407 g/mol. The normalized spacial score (nSPS) is 14.0. The number of hydrogen-bond acceptors (Lipinski definition) is 3. The van der Waals surface area contributed by atoms with Crippen LogP contribution in [0.1, 0.15) is 35.7 Å². The van der Waals surface area contributed by atoms with Crippen LogP contribution in [0.25, 0.3) is 0 Å². The van der Waals surface area contributed by atoms with E-state index in [1.54, 1.807) is 23.1 Å². The summed E-state index contributed by atoms with van der Waals surface area (Å²) in [4.78, 5) is 26.8. The van der Waals surface area contributed by atoms with Gasteiger partial charge in [0.1, 0.15) is 0 Å². The Balaban J connectivity index is 0.00000261. The molecule has 27 heavy (non-hydrogen) atoms. The lowest BCUT2D eigenvalue weighted by Crippen LogP contribution is -2.38. The highest BCUT2D eigenvalue weighted by molar-refractivity contribution is 6.34. The molecule has 1 aliphatic carbocycles. The summed E-state index contributed by atoms with van der Waals surface area (Å²) < 4.78 is 0. The molecule has 1 saturated carbocycles. The van der Waals surface area contributed by atoms with Crippen LogP contribution in [-0.2, 0) is 11.3 Å². The molecule has 2 amide bonds. The largest absolute Gasteiger partial charge is 0.335 e. The summed E-state index contributed by atoms with van der Waals surface area (Å²) in [5.74, 6) is -0.402. The van der Waals surface area contributed by atoms with Gasteiger partial charge in [-0.15, -0.1) is 12.4 Å². The quantitative estimate of drug-likeness (QED) is 0.763. The van der Waals surface area contributed by atoms with Gasteiger partial charge in [0.05, 0.1) is 16.1 Å². The third kappa shape index (κ3) is 5.01. The Morgan fingerprint density at radius 2 is 1.85 bits per heavy atom. The van der Waals surface area contributed by atoms with Crippen LogP contribution >= 0.6 is 24.0 Å². The molecule has 0 aromatic heterocycles. The lowest BCUT2D eigenvalue weighted by molar-refractivity contribution is -0.118. The number of halogens is 2. The zero-order valence-electron chi connectivity index (χ0n) is 15.1. The number of nitrogens with zero attached hydrogens (tertiary/aromatic N) is 1. The van der Waals surface area contributed by atoms with Crippen molar-refractivity contribution in [2.45, 2.75) is 31.8 Å². The number of carbonyl (C=O) groups is 2. The maximum absolute atomic E-state index is 13.0. The molecule has 3 N–H and O–H groups in total. The Labute approximate surface area is 170 Å². The van der Waals surface area contributed by atoms with Gasteiger partial charge in [0.2, 0.25) is 5.91 Å². The van der Waals surface area contributed by atoms with Gasteiger partial charge in [-0.25, -0.2) is 0 Å². The van der Waals surface area contributed by atoms with Crippen molar-refractivity contribution in [3.63, 3.8) is 0 Å². The minimum absolute atomic E-state index is 0. The lowest BCUT2D eigenvalue weighted by atomic mass is 10.1. The van der Waals surface area contributed by atoms with E-state index in [0.717, 1.165) is 5.56 Å². The number of nitrogens with two attached hydrogens (primary N) is 1. The van der Waals surface area contributed by atoms with Crippen LogP contribution in [0.2, 0.25) is 5.02 Å². The molecule has 0 atom stereocenters. The van der Waals surface area contributed by atoms with E-state index in [2.05, 4.69) is 5.32 Å². The van der Waals surface area contributed by atoms with Crippen molar-refractivity contribution in [2.75, 3.05) is 11.9 Å². The van der Waals surface area contributed by atoms with E-state index < -0.39 is 5.54 Å². The first-order valence-corrected chi connectivity index (χ1v) is 9.04. The maximum atomic E-state index is 13.0. The van der Waals surface area contributed by atoms with Crippen molar-refractivity contribution in [2.24, 2.45) is 5.73 Å². The first-order valence-electron chi connectivity index (χ1n) is 8.66. The molecule has 0 unspecified atom stereocenters. The van der Waals surface area contributed by atoms with E-state index in [1.807, 2.05) is 37.3 Å². The van der Waals surface area contributed by atoms with Crippen LogP contribution < -0.4 is 11.1 Å². The predicted octanol–water partition coefficient (Wildman–Crippen LogP) is 3.85. The van der Waals surface area contributed by atoms with Crippen LogP contribution in [-0.4, -0.2) is 28.8 Å². The van der Waals surface area contributed by atoms with Gasteiger partial charge in [0.25, 0.3) is 5.91 Å². The molecule has 7 heteroatoms. The van der Waals surface area contributed by atoms with Gasteiger partial charge in [-0.1, -0.05) is 41.9 Å². The minimum Gasteiger partial charge on any atom is -0.335 e. The predicted molar refractivity (Wildman–Crippen MR) is 110 cm³/mol. The fourth-order valence-corrected chi connectivity index (χ4v) is 2.88. The van der Waals surface area contributed by atoms with Gasteiger partial charge >= 0.3 is 0 Å². The molecule has 3 rings (SSSR count). The number of benzene rings is 2. The molecule has 1 fully saturated rings. The summed E-state index contributed by atoms with van der Waals surface area (Å²) in [6.07, 6.45) is 1.36. The number of nitrogens with one attached hydrogen (secondary N) is 1. The second kappa shape index (κ2) is 8.74. The van der Waals surface area contributed by atoms with E-state index in [0.29, 0.717) is 42.2 Å². The number of hydrogen-bond donors (Lipinski definition) is 2. The molecule has 2 aromatic rings. The van der Waals surface area contributed by atoms with Gasteiger partial charge in [0, 0.05) is 18.8 Å². The highest BCUT2D eigenvalue weighted by Gasteiger charge is 2.46. The molecule has 0 radical (unpaired) electrons. The standard InChI is InChI=1S/C20H22ClN3O2.ClH/c1-2-24(13-14-6-4-3-5-7-14)18(25)16-12-15(8-9-17(16)21)23-19(26)20(22)10-11-20;/h3-9,12H,2,10-11,13,22H2,1H3,(H,23,26);1H. The minimum atomic E-state index is -0.771. The average Bonchev–Trinajstić information content (AvgIpc) is 3.40. The first-order chi connectivity index (χ1) is 12.4. The van der Waals surface area contributed by atoms with Crippen molar-refractivity contribution in [3.05, 3.63) is 64.7 Å². The van der Waals surface area contributed by atoms with Gasteiger partial charge in [-0.3, -0.25) is 9.59 Å². The molecular formula is C20H23Cl2N3O2. The Kier molecular flexibility index (Phi) is 6.87. The third-order valence-corrected chi connectivity index (χ3v) is 4.91. The maximum Gasteiger partial charge on any atom is 0.255 e. The fraction of sp³-hybridized carbons (Fsp3) is 0.300. The van der Waals surface area contributed by atoms with E-state index >= 15 is 0 Å². The highest BCUT2D eigenvalue weighted by atomic mass is 35.5. The SMILES string of the molecule is CCN(Cc1ccccc1)C(=O)c1cc(NC(=O)C2(N)CC2)ccc1Cl.Cl. The molecule has 0 saturated heterocycles. The van der Waals surface area contributed by atoms with Crippen LogP contribution in [0.15, 0.2) is 48.5 Å². The van der Waals surface area contributed by atoms with Crippen LogP contribution in [0.5, 0.6) is 0 Å². The molecule has 0 aliphatic heterocycles. The van der Waals surface area contributed by atoms with Gasteiger partial charge < -0.3 is 16.0 Å². The second-order valence-corrected chi connectivity index (χ2v) is 7.02. The molecule has 1 aliphatic rings. The highest BCUT2D eigenvalue weighted by Crippen LogP contribution is 2.33. The Morgan fingerprint density at radius 3 is 2.44 bits per heavy atom. The van der Waals surface area contributed by atoms with Gasteiger partial charge in [0.15, 0.2) is 0 Å². The zero-order valence-corrected chi connectivity index (χ0v) is 16.6. The number of amides is 2. The van der Waals surface area contributed by atoms with Crippen LogP contribution in [0, 0.1) is 0 Å². The molecular weight excluding hydrogens is 385 g/mol. The summed E-state index contributed by atoms with van der Waals surface area (Å²) in [5.41, 5.74) is 7.07. The summed E-state index contributed by atoms with van der Waals surface area (Å²) in [6.45, 7) is 2.97.